The smallest absolute Gasteiger partial charge is 0.246 e. The Bertz CT molecular complexity index is 573. The molecule has 1 heterocycles. The molecule has 1 saturated heterocycles. The van der Waals surface area contributed by atoms with E-state index in [1.54, 1.807) is 0 Å². The third-order valence-corrected chi connectivity index (χ3v) is 5.20. The van der Waals surface area contributed by atoms with Gasteiger partial charge in [0.2, 0.25) is 10.0 Å². The summed E-state index contributed by atoms with van der Waals surface area (Å²) < 4.78 is 40.1. The number of hydrogen-bond acceptors (Lipinski definition) is 3. The number of sulfonamides is 1. The lowest BCUT2D eigenvalue weighted by atomic mass is 10.2. The average Bonchev–Trinajstić information content (AvgIpc) is 2.31. The topological polar surface area (TPSA) is 49.4 Å². The van der Waals surface area contributed by atoms with Crippen LogP contribution in [0.1, 0.15) is 13.8 Å². The van der Waals surface area contributed by atoms with E-state index in [-0.39, 0.29) is 34.4 Å². The lowest BCUT2D eigenvalue weighted by Gasteiger charge is -2.35. The van der Waals surface area contributed by atoms with Crippen molar-refractivity contribution in [3.8, 4) is 0 Å². The van der Waals surface area contributed by atoms with E-state index in [9.17, 15) is 12.8 Å². The van der Waals surface area contributed by atoms with E-state index in [4.69, 9.17) is 11.6 Å². The van der Waals surface area contributed by atoms with E-state index in [0.29, 0.717) is 13.1 Å². The summed E-state index contributed by atoms with van der Waals surface area (Å²) in [4.78, 5) is -0.360. The van der Waals surface area contributed by atoms with Gasteiger partial charge in [-0.2, -0.15) is 4.31 Å². The summed E-state index contributed by atoms with van der Waals surface area (Å²) >= 11 is 5.65. The Hall–Kier alpha value is -0.400. The Morgan fingerprint density at radius 1 is 1.30 bits per heavy atom. The first-order chi connectivity index (χ1) is 8.82. The molecule has 114 valence electrons. The highest BCUT2D eigenvalue weighted by atomic mass is 35.5. The average molecular weight is 343 g/mol. The fourth-order valence-corrected chi connectivity index (χ4v) is 4.23. The molecule has 4 nitrogen and oxygen atoms in total. The van der Waals surface area contributed by atoms with Crippen LogP contribution in [-0.4, -0.2) is 37.9 Å². The van der Waals surface area contributed by atoms with Gasteiger partial charge in [0.1, 0.15) is 4.90 Å². The van der Waals surface area contributed by atoms with Crippen molar-refractivity contribution in [2.45, 2.75) is 30.8 Å². The predicted molar refractivity (Wildman–Crippen MR) is 79.5 cm³/mol. The predicted octanol–water partition coefficient (Wildman–Crippen LogP) is 2.27. The minimum atomic E-state index is -3.85. The van der Waals surface area contributed by atoms with Crippen LogP contribution in [0.4, 0.5) is 4.39 Å². The number of benzene rings is 1. The van der Waals surface area contributed by atoms with Crippen LogP contribution in [0.5, 0.6) is 0 Å². The van der Waals surface area contributed by atoms with Gasteiger partial charge in [-0.25, -0.2) is 12.8 Å². The first-order valence-corrected chi connectivity index (χ1v) is 7.84. The molecule has 0 amide bonds. The van der Waals surface area contributed by atoms with Crippen molar-refractivity contribution in [3.05, 3.63) is 29.0 Å². The Morgan fingerprint density at radius 3 is 2.40 bits per heavy atom. The molecule has 2 rings (SSSR count). The highest BCUT2D eigenvalue weighted by Crippen LogP contribution is 2.25. The zero-order valence-corrected chi connectivity index (χ0v) is 13.5. The minimum absolute atomic E-state index is 0. The summed E-state index contributed by atoms with van der Waals surface area (Å²) in [5.74, 6) is -0.886. The molecule has 1 aliphatic heterocycles. The lowest BCUT2D eigenvalue weighted by Crippen LogP contribution is -2.55. The summed E-state index contributed by atoms with van der Waals surface area (Å²) in [6, 6.07) is 4.07. The van der Waals surface area contributed by atoms with Gasteiger partial charge in [0, 0.05) is 25.2 Å². The zero-order valence-electron chi connectivity index (χ0n) is 11.1. The van der Waals surface area contributed by atoms with Gasteiger partial charge in [-0.05, 0) is 26.0 Å². The quantitative estimate of drug-likeness (QED) is 0.896. The number of rotatable bonds is 2. The molecule has 2 unspecified atom stereocenters. The summed E-state index contributed by atoms with van der Waals surface area (Å²) in [6.45, 7) is 4.43. The number of nitrogens with one attached hydrogen (secondary N) is 1. The van der Waals surface area contributed by atoms with Crippen LogP contribution in [-0.2, 0) is 10.0 Å². The van der Waals surface area contributed by atoms with E-state index in [1.165, 1.54) is 22.5 Å². The molecule has 1 fully saturated rings. The maximum Gasteiger partial charge on any atom is 0.246 e. The van der Waals surface area contributed by atoms with Crippen LogP contribution in [0.25, 0.3) is 0 Å². The number of piperazine rings is 1. The van der Waals surface area contributed by atoms with Gasteiger partial charge in [-0.1, -0.05) is 17.7 Å². The third kappa shape index (κ3) is 3.43. The van der Waals surface area contributed by atoms with Gasteiger partial charge in [0.25, 0.3) is 0 Å². The van der Waals surface area contributed by atoms with Crippen LogP contribution < -0.4 is 5.32 Å². The molecule has 2 atom stereocenters. The van der Waals surface area contributed by atoms with Gasteiger partial charge >= 0.3 is 0 Å². The molecule has 0 radical (unpaired) electrons. The highest BCUT2D eigenvalue weighted by molar-refractivity contribution is 7.89. The molecule has 0 aromatic heterocycles. The van der Waals surface area contributed by atoms with Crippen molar-refractivity contribution in [2.24, 2.45) is 0 Å². The molecule has 0 aliphatic carbocycles. The second-order valence-corrected chi connectivity index (χ2v) is 7.16. The van der Waals surface area contributed by atoms with E-state index in [0.717, 1.165) is 0 Å². The van der Waals surface area contributed by atoms with Crippen molar-refractivity contribution in [1.82, 2.24) is 9.62 Å². The second-order valence-electron chi connectivity index (χ2n) is 4.84. The lowest BCUT2D eigenvalue weighted by molar-refractivity contribution is 0.262. The summed E-state index contributed by atoms with van der Waals surface area (Å²) in [7, 11) is -3.85. The largest absolute Gasteiger partial charge is 0.309 e. The van der Waals surface area contributed by atoms with Gasteiger partial charge in [0.05, 0.1) is 5.02 Å². The Morgan fingerprint density at radius 2 is 1.85 bits per heavy atom. The van der Waals surface area contributed by atoms with Gasteiger partial charge in [-0.15, -0.1) is 12.4 Å². The number of halogens is 3. The molecule has 1 N–H and O–H groups in total. The fraction of sp³-hybridized carbons (Fsp3) is 0.500. The van der Waals surface area contributed by atoms with Crippen LogP contribution in [0, 0.1) is 5.82 Å². The molecular weight excluding hydrogens is 326 g/mol. The molecule has 1 aromatic rings. The van der Waals surface area contributed by atoms with E-state index in [1.807, 2.05) is 13.8 Å². The Kier molecular flexibility index (Phi) is 5.80. The maximum atomic E-state index is 13.9. The van der Waals surface area contributed by atoms with Gasteiger partial charge in [0.15, 0.2) is 5.82 Å². The third-order valence-electron chi connectivity index (χ3n) is 3.06. The van der Waals surface area contributed by atoms with Crippen molar-refractivity contribution < 1.29 is 12.8 Å². The van der Waals surface area contributed by atoms with Crippen molar-refractivity contribution in [2.75, 3.05) is 13.1 Å². The van der Waals surface area contributed by atoms with Crippen LogP contribution in [0.3, 0.4) is 0 Å². The Balaban J connectivity index is 0.00000200. The molecule has 0 saturated carbocycles. The SMILES string of the molecule is CC1CN(S(=O)(=O)c2cccc(Cl)c2F)CC(C)N1.Cl. The van der Waals surface area contributed by atoms with E-state index < -0.39 is 15.8 Å². The van der Waals surface area contributed by atoms with Crippen LogP contribution >= 0.6 is 24.0 Å². The molecule has 8 heteroatoms. The first kappa shape index (κ1) is 17.7. The second kappa shape index (κ2) is 6.58. The monoisotopic (exact) mass is 342 g/mol. The number of nitrogens with zero attached hydrogens (tertiary/aromatic N) is 1. The van der Waals surface area contributed by atoms with Crippen molar-refractivity contribution in [3.63, 3.8) is 0 Å². The van der Waals surface area contributed by atoms with Crippen molar-refractivity contribution in [1.29, 1.82) is 0 Å². The minimum Gasteiger partial charge on any atom is -0.309 e. The molecule has 20 heavy (non-hydrogen) atoms. The van der Waals surface area contributed by atoms with Crippen LogP contribution in [0.2, 0.25) is 5.02 Å². The number of hydrogen-bond donors (Lipinski definition) is 1. The summed E-state index contributed by atoms with van der Waals surface area (Å²) in [6.07, 6.45) is 0. The zero-order chi connectivity index (χ0) is 14.2. The van der Waals surface area contributed by atoms with E-state index >= 15 is 0 Å². The van der Waals surface area contributed by atoms with E-state index in [2.05, 4.69) is 5.32 Å². The van der Waals surface area contributed by atoms with Gasteiger partial charge in [-0.3, -0.25) is 0 Å². The van der Waals surface area contributed by atoms with Gasteiger partial charge < -0.3 is 5.32 Å². The Labute approximate surface area is 129 Å². The standard InChI is InChI=1S/C12H16ClFN2O2S.ClH/c1-8-6-16(7-9(2)15-8)19(17,18)11-5-3-4-10(13)12(11)14;/h3-5,8-9,15H,6-7H2,1-2H3;1H. The summed E-state index contributed by atoms with van der Waals surface area (Å²) in [5.41, 5.74) is 0. The first-order valence-electron chi connectivity index (χ1n) is 6.02. The fourth-order valence-electron chi connectivity index (χ4n) is 2.30. The molecule has 1 aromatic carbocycles. The molecule has 1 aliphatic rings. The van der Waals surface area contributed by atoms with Crippen LogP contribution in [0.15, 0.2) is 23.1 Å². The molecule has 0 bridgehead atoms. The molecule has 0 spiro atoms. The molecular formula is C12H17Cl2FN2O2S. The highest BCUT2D eigenvalue weighted by Gasteiger charge is 2.33. The maximum absolute atomic E-state index is 13.9. The summed E-state index contributed by atoms with van der Waals surface area (Å²) in [5, 5.41) is 3.05. The van der Waals surface area contributed by atoms with Crippen molar-refractivity contribution >= 4 is 34.0 Å². The normalized spacial score (nSPS) is 24.2.